The van der Waals surface area contributed by atoms with Crippen molar-refractivity contribution < 1.29 is 4.74 Å². The van der Waals surface area contributed by atoms with Gasteiger partial charge in [0.1, 0.15) is 18.0 Å². The summed E-state index contributed by atoms with van der Waals surface area (Å²) in [6.45, 7) is 9.89. The smallest absolute Gasteiger partial charge is 0.135 e. The van der Waals surface area contributed by atoms with Gasteiger partial charge in [0, 0.05) is 37.9 Å². The fourth-order valence-electron chi connectivity index (χ4n) is 3.22. The fourth-order valence-corrected chi connectivity index (χ4v) is 3.22. The van der Waals surface area contributed by atoms with Gasteiger partial charge >= 0.3 is 0 Å². The number of morpholine rings is 1. The quantitative estimate of drug-likeness (QED) is 0.759. The van der Waals surface area contributed by atoms with Crippen LogP contribution in [0.2, 0.25) is 0 Å². The maximum atomic E-state index is 5.38. The first-order chi connectivity index (χ1) is 12.8. The fraction of sp³-hybridized carbons (Fsp3) is 0.500. The molecule has 2 aromatic rings. The van der Waals surface area contributed by atoms with Crippen molar-refractivity contribution in [3.8, 4) is 0 Å². The molecule has 1 aliphatic heterocycles. The van der Waals surface area contributed by atoms with Gasteiger partial charge in [-0.25, -0.2) is 9.97 Å². The van der Waals surface area contributed by atoms with Crippen molar-refractivity contribution in [1.29, 1.82) is 0 Å². The van der Waals surface area contributed by atoms with Gasteiger partial charge in [-0.15, -0.1) is 0 Å². The van der Waals surface area contributed by atoms with Gasteiger partial charge in [0.2, 0.25) is 0 Å². The van der Waals surface area contributed by atoms with Crippen LogP contribution in [0.4, 0.5) is 17.3 Å². The molecule has 6 heteroatoms. The molecule has 1 fully saturated rings. The van der Waals surface area contributed by atoms with E-state index in [1.165, 1.54) is 16.8 Å². The Balaban J connectivity index is 1.62. The Labute approximate surface area is 156 Å². The molecule has 2 N–H and O–H groups in total. The number of nitrogens with zero attached hydrogens (tertiary/aromatic N) is 3. The molecule has 3 rings (SSSR count). The van der Waals surface area contributed by atoms with Gasteiger partial charge in [-0.1, -0.05) is 32.0 Å². The molecule has 1 aliphatic rings. The van der Waals surface area contributed by atoms with E-state index in [-0.39, 0.29) is 0 Å². The van der Waals surface area contributed by atoms with E-state index in [2.05, 4.69) is 57.5 Å². The largest absolute Gasteiger partial charge is 0.379 e. The van der Waals surface area contributed by atoms with Crippen LogP contribution in [0.5, 0.6) is 0 Å². The van der Waals surface area contributed by atoms with Gasteiger partial charge < -0.3 is 15.4 Å². The number of para-hydroxylation sites is 1. The Kier molecular flexibility index (Phi) is 6.80. The number of ether oxygens (including phenoxy) is 1. The van der Waals surface area contributed by atoms with E-state index in [0.717, 1.165) is 63.9 Å². The summed E-state index contributed by atoms with van der Waals surface area (Å²) in [4.78, 5) is 11.1. The van der Waals surface area contributed by atoms with E-state index in [0.29, 0.717) is 0 Å². The molecule has 26 heavy (non-hydrogen) atoms. The van der Waals surface area contributed by atoms with E-state index in [4.69, 9.17) is 4.74 Å². The lowest BCUT2D eigenvalue weighted by Gasteiger charge is -2.26. The molecule has 0 spiro atoms. The molecule has 6 nitrogen and oxygen atoms in total. The highest BCUT2D eigenvalue weighted by molar-refractivity contribution is 5.66. The zero-order valence-electron chi connectivity index (χ0n) is 15.8. The molecule has 0 unspecified atom stereocenters. The Bertz CT molecular complexity index is 678. The number of anilines is 3. The van der Waals surface area contributed by atoms with Crippen molar-refractivity contribution in [2.75, 3.05) is 50.0 Å². The lowest BCUT2D eigenvalue weighted by atomic mass is 10.0. The van der Waals surface area contributed by atoms with E-state index < -0.39 is 0 Å². The third-order valence-electron chi connectivity index (χ3n) is 4.76. The second-order valence-electron chi connectivity index (χ2n) is 6.45. The first kappa shape index (κ1) is 18.6. The van der Waals surface area contributed by atoms with Crippen LogP contribution in [-0.4, -0.2) is 54.3 Å². The van der Waals surface area contributed by atoms with Gasteiger partial charge in [0.25, 0.3) is 0 Å². The van der Waals surface area contributed by atoms with Gasteiger partial charge in [-0.2, -0.15) is 0 Å². The highest BCUT2D eigenvalue weighted by Crippen LogP contribution is 2.26. The summed E-state index contributed by atoms with van der Waals surface area (Å²) < 4.78 is 5.38. The van der Waals surface area contributed by atoms with E-state index >= 15 is 0 Å². The molecule has 0 aliphatic carbocycles. The topological polar surface area (TPSA) is 62.3 Å². The van der Waals surface area contributed by atoms with Crippen LogP contribution in [0.3, 0.4) is 0 Å². The van der Waals surface area contributed by atoms with Crippen molar-refractivity contribution in [1.82, 2.24) is 14.9 Å². The Hall–Kier alpha value is -2.18. The van der Waals surface area contributed by atoms with Crippen LogP contribution in [0.1, 0.15) is 25.0 Å². The summed E-state index contributed by atoms with van der Waals surface area (Å²) in [7, 11) is 0. The average Bonchev–Trinajstić information content (AvgIpc) is 2.69. The van der Waals surface area contributed by atoms with Crippen molar-refractivity contribution in [2.24, 2.45) is 0 Å². The highest BCUT2D eigenvalue weighted by atomic mass is 16.5. The van der Waals surface area contributed by atoms with Crippen LogP contribution < -0.4 is 10.6 Å². The maximum absolute atomic E-state index is 5.38. The van der Waals surface area contributed by atoms with Crippen molar-refractivity contribution >= 4 is 17.3 Å². The second-order valence-corrected chi connectivity index (χ2v) is 6.45. The molecular formula is C20H29N5O. The van der Waals surface area contributed by atoms with Crippen molar-refractivity contribution in [3.05, 3.63) is 41.7 Å². The first-order valence-electron chi connectivity index (χ1n) is 9.54. The van der Waals surface area contributed by atoms with Crippen LogP contribution in [-0.2, 0) is 17.6 Å². The lowest BCUT2D eigenvalue weighted by molar-refractivity contribution is 0.0398. The van der Waals surface area contributed by atoms with E-state index in [1.54, 1.807) is 6.33 Å². The third-order valence-corrected chi connectivity index (χ3v) is 4.76. The molecule has 2 heterocycles. The summed E-state index contributed by atoms with van der Waals surface area (Å²) in [5.74, 6) is 1.67. The van der Waals surface area contributed by atoms with Crippen LogP contribution in [0.25, 0.3) is 0 Å². The Morgan fingerprint density at radius 1 is 1.04 bits per heavy atom. The normalized spacial score (nSPS) is 15.0. The van der Waals surface area contributed by atoms with Crippen LogP contribution >= 0.6 is 0 Å². The van der Waals surface area contributed by atoms with Crippen LogP contribution in [0, 0.1) is 0 Å². The standard InChI is InChI=1S/C20H29N5O/c1-3-16-6-5-7-17(4-2)20(16)24-19-14-18(22-15-23-19)21-8-9-25-10-12-26-13-11-25/h5-7,14-15H,3-4,8-13H2,1-2H3,(H2,21,22,23,24). The minimum atomic E-state index is 0.824. The van der Waals surface area contributed by atoms with E-state index in [1.807, 2.05) is 6.07 Å². The number of nitrogens with one attached hydrogen (secondary N) is 2. The molecule has 140 valence electrons. The molecule has 0 bridgehead atoms. The second kappa shape index (κ2) is 9.50. The third kappa shape index (κ3) is 4.93. The number of aryl methyl sites for hydroxylation is 2. The summed E-state index contributed by atoms with van der Waals surface area (Å²) in [6, 6.07) is 8.45. The van der Waals surface area contributed by atoms with Gasteiger partial charge in [0.15, 0.2) is 0 Å². The first-order valence-corrected chi connectivity index (χ1v) is 9.54. The van der Waals surface area contributed by atoms with Gasteiger partial charge in [-0.3, -0.25) is 4.90 Å². The molecule has 0 saturated carbocycles. The number of rotatable bonds is 8. The van der Waals surface area contributed by atoms with Crippen LogP contribution in [0.15, 0.2) is 30.6 Å². The highest BCUT2D eigenvalue weighted by Gasteiger charge is 2.10. The maximum Gasteiger partial charge on any atom is 0.135 e. The predicted octanol–water partition coefficient (Wildman–Crippen LogP) is 3.09. The molecule has 0 atom stereocenters. The molecule has 0 amide bonds. The van der Waals surface area contributed by atoms with Crippen molar-refractivity contribution in [3.63, 3.8) is 0 Å². The number of hydrogen-bond donors (Lipinski definition) is 2. The summed E-state index contributed by atoms with van der Waals surface area (Å²) in [6.07, 6.45) is 3.59. The zero-order chi connectivity index (χ0) is 18.2. The molecular weight excluding hydrogens is 326 g/mol. The predicted molar refractivity (Wildman–Crippen MR) is 106 cm³/mol. The summed E-state index contributed by atoms with van der Waals surface area (Å²) >= 11 is 0. The summed E-state index contributed by atoms with van der Waals surface area (Å²) in [5.41, 5.74) is 3.80. The Morgan fingerprint density at radius 3 is 2.42 bits per heavy atom. The summed E-state index contributed by atoms with van der Waals surface area (Å²) in [5, 5.41) is 6.91. The lowest BCUT2D eigenvalue weighted by Crippen LogP contribution is -2.39. The van der Waals surface area contributed by atoms with Gasteiger partial charge in [-0.05, 0) is 24.0 Å². The SMILES string of the molecule is CCc1cccc(CC)c1Nc1cc(NCCN2CCOCC2)ncn1. The minimum Gasteiger partial charge on any atom is -0.379 e. The minimum absolute atomic E-state index is 0.824. The number of benzene rings is 1. The zero-order valence-corrected chi connectivity index (χ0v) is 15.8. The molecule has 1 aromatic heterocycles. The van der Waals surface area contributed by atoms with E-state index in [9.17, 15) is 0 Å². The Morgan fingerprint density at radius 2 is 1.73 bits per heavy atom. The number of hydrogen-bond acceptors (Lipinski definition) is 6. The average molecular weight is 355 g/mol. The molecule has 0 radical (unpaired) electrons. The molecule has 1 saturated heterocycles. The monoisotopic (exact) mass is 355 g/mol. The number of aromatic nitrogens is 2. The van der Waals surface area contributed by atoms with Crippen molar-refractivity contribution in [2.45, 2.75) is 26.7 Å². The molecule has 1 aromatic carbocycles. The van der Waals surface area contributed by atoms with Gasteiger partial charge in [0.05, 0.1) is 13.2 Å².